The molecule has 0 aliphatic heterocycles. The van der Waals surface area contributed by atoms with Crippen LogP contribution in [0.15, 0.2) is 24.1 Å². The van der Waals surface area contributed by atoms with Gasteiger partial charge in [0, 0.05) is 0 Å². The van der Waals surface area contributed by atoms with E-state index in [4.69, 9.17) is 0 Å². The van der Waals surface area contributed by atoms with Gasteiger partial charge in [-0.15, -0.1) is 0 Å². The molecular formula is C7H8B2O. The van der Waals surface area contributed by atoms with Crippen molar-refractivity contribution in [2.75, 3.05) is 0 Å². The van der Waals surface area contributed by atoms with Gasteiger partial charge in [-0.05, 0) is 0 Å². The van der Waals surface area contributed by atoms with Gasteiger partial charge < -0.3 is 0 Å². The molecule has 0 aliphatic carbocycles. The van der Waals surface area contributed by atoms with E-state index < -0.39 is 0 Å². The molecule has 0 bridgehead atoms. The summed E-state index contributed by atoms with van der Waals surface area (Å²) >= 11 is 0. The number of carbonyl (C=O) groups excluding carboxylic acids is 1. The number of hydrogen-bond donors (Lipinski definition) is 0. The monoisotopic (exact) mass is 130 g/mol. The van der Waals surface area contributed by atoms with E-state index in [0.29, 0.717) is 6.42 Å². The Balaban J connectivity index is 2.67. The molecule has 1 rings (SSSR count). The Hall–Kier alpha value is -0.850. The predicted molar refractivity (Wildman–Crippen MR) is 45.0 cm³/mol. The van der Waals surface area contributed by atoms with E-state index in [-0.39, 0.29) is 5.68 Å². The third kappa shape index (κ3) is 2.18. The molecule has 0 fully saturated rings. The molecule has 0 spiro atoms. The summed E-state index contributed by atoms with van der Waals surface area (Å²) in [5.41, 5.74) is 1.31. The van der Waals surface area contributed by atoms with Crippen LogP contribution in [0, 0.1) is 0 Å². The first-order valence-electron chi connectivity index (χ1n) is 3.32. The van der Waals surface area contributed by atoms with Crippen LogP contribution in [-0.2, 0) is 11.2 Å². The van der Waals surface area contributed by atoms with Gasteiger partial charge in [0.05, 0.1) is 0 Å². The van der Waals surface area contributed by atoms with E-state index in [2.05, 4.69) is 0 Å². The summed E-state index contributed by atoms with van der Waals surface area (Å²) in [6, 6.07) is 3.92. The van der Waals surface area contributed by atoms with Crippen molar-refractivity contribution in [2.45, 2.75) is 6.42 Å². The van der Waals surface area contributed by atoms with Crippen molar-refractivity contribution in [3.8, 4) is 0 Å². The average Bonchev–Trinajstić information content (AvgIpc) is 1.88. The fourth-order valence-corrected chi connectivity index (χ4v) is 0.883. The van der Waals surface area contributed by atoms with Gasteiger partial charge in [0.1, 0.15) is 0 Å². The molecule has 1 nitrogen and oxygen atoms in total. The maximum absolute atomic E-state index is 10.6. The third-order valence-electron chi connectivity index (χ3n) is 1.30. The second-order valence-electron chi connectivity index (χ2n) is 2.36. The first-order valence-corrected chi connectivity index (χ1v) is 3.32. The summed E-state index contributed by atoms with van der Waals surface area (Å²) in [4.78, 5) is 10.6. The van der Waals surface area contributed by atoms with Crippen LogP contribution in [0.4, 0.5) is 0 Å². The van der Waals surface area contributed by atoms with E-state index in [1.54, 1.807) is 7.85 Å². The molecule has 0 saturated carbocycles. The van der Waals surface area contributed by atoms with Gasteiger partial charge >= 0.3 is 61.3 Å². The summed E-state index contributed by atoms with van der Waals surface area (Å²) < 4.78 is 0. The molecule has 10 heavy (non-hydrogen) atoms. The molecule has 0 aromatic carbocycles. The van der Waals surface area contributed by atoms with Gasteiger partial charge in [0.15, 0.2) is 0 Å². The van der Waals surface area contributed by atoms with Crippen molar-refractivity contribution in [3.63, 3.8) is 0 Å². The quantitative estimate of drug-likeness (QED) is 0.503. The molecule has 1 aromatic heterocycles. The van der Waals surface area contributed by atoms with Crippen LogP contribution in [0.5, 0.6) is 0 Å². The Labute approximate surface area is 62.1 Å². The second-order valence-corrected chi connectivity index (χ2v) is 2.36. The van der Waals surface area contributed by atoms with Crippen LogP contribution in [0.2, 0.25) is 0 Å². The van der Waals surface area contributed by atoms with Crippen molar-refractivity contribution < 1.29 is 4.79 Å². The zero-order valence-corrected chi connectivity index (χ0v) is 6.00. The summed E-state index contributed by atoms with van der Waals surface area (Å²) in [7, 11) is 1.60. The molecule has 0 radical (unpaired) electrons. The summed E-state index contributed by atoms with van der Waals surface area (Å²) in [6.45, 7) is 1.95. The van der Waals surface area contributed by atoms with Crippen molar-refractivity contribution in [2.24, 2.45) is 0 Å². The van der Waals surface area contributed by atoms with Crippen molar-refractivity contribution in [1.82, 2.24) is 0 Å². The summed E-state index contributed by atoms with van der Waals surface area (Å²) in [5.74, 6) is 3.89. The normalized spacial score (nSPS) is 8.80. The van der Waals surface area contributed by atoms with E-state index in [1.165, 1.54) is 0 Å². The van der Waals surface area contributed by atoms with Crippen LogP contribution in [-0.4, -0.2) is 20.4 Å². The Kier molecular flexibility index (Phi) is 2.43. The van der Waals surface area contributed by atoms with E-state index >= 15 is 0 Å². The fraction of sp³-hybridized carbons (Fsp3) is 0.143. The Morgan fingerprint density at radius 1 is 1.50 bits per heavy atom. The average molecular weight is 130 g/mol. The van der Waals surface area contributed by atoms with Crippen LogP contribution in [0.1, 0.15) is 5.56 Å². The van der Waals surface area contributed by atoms with Gasteiger partial charge in [0.25, 0.3) is 0 Å². The molecule has 0 saturated heterocycles. The molecule has 0 amide bonds. The van der Waals surface area contributed by atoms with Crippen LogP contribution >= 0.6 is 0 Å². The minimum absolute atomic E-state index is 0.214. The van der Waals surface area contributed by atoms with Gasteiger partial charge in [-0.2, -0.15) is 0 Å². The standard InChI is InChI=1S/C7H8B2O/c8-7(10)5-6-1-3-9-4-2-6/h1-4H,5,8H2. The number of rotatable bonds is 2. The first-order chi connectivity index (χ1) is 4.79. The first kappa shape index (κ1) is 7.26. The molecule has 48 valence electrons. The number of hydrogen-bond acceptors (Lipinski definition) is 1. The van der Waals surface area contributed by atoms with E-state index in [0.717, 1.165) is 5.56 Å². The molecule has 0 unspecified atom stereocenters. The molecule has 0 N–H and O–H groups in total. The maximum atomic E-state index is 10.6. The van der Waals surface area contributed by atoms with Crippen LogP contribution in [0.25, 0.3) is 0 Å². The van der Waals surface area contributed by atoms with E-state index in [9.17, 15) is 4.79 Å². The van der Waals surface area contributed by atoms with Crippen molar-refractivity contribution in [3.05, 3.63) is 29.6 Å². The third-order valence-corrected chi connectivity index (χ3v) is 1.30. The summed E-state index contributed by atoms with van der Waals surface area (Å²) in [5, 5.41) is 0. The van der Waals surface area contributed by atoms with Crippen LogP contribution in [0.3, 0.4) is 0 Å². The Bertz CT molecular complexity index is 220. The minimum atomic E-state index is 0.214. The van der Waals surface area contributed by atoms with Crippen molar-refractivity contribution >= 4 is 20.4 Å². The van der Waals surface area contributed by atoms with Crippen molar-refractivity contribution in [1.29, 1.82) is 0 Å². The summed E-state index contributed by atoms with van der Waals surface area (Å²) in [6.07, 6.45) is 0.556. The van der Waals surface area contributed by atoms with E-state index in [1.807, 2.05) is 31.0 Å². The molecule has 1 aromatic rings. The molecule has 1 heterocycles. The zero-order valence-electron chi connectivity index (χ0n) is 6.00. The Morgan fingerprint density at radius 3 is 2.60 bits per heavy atom. The van der Waals surface area contributed by atoms with Gasteiger partial charge in [-0.1, -0.05) is 0 Å². The molecular weight excluding hydrogens is 122 g/mol. The number of carbonyl (C=O) groups is 1. The molecule has 3 heteroatoms. The SMILES string of the molecule is BC(=O)Cc1ccbcc1. The molecule has 0 aliphatic rings. The zero-order chi connectivity index (χ0) is 7.40. The van der Waals surface area contributed by atoms with Gasteiger partial charge in [-0.25, -0.2) is 0 Å². The van der Waals surface area contributed by atoms with Gasteiger partial charge in [-0.3, -0.25) is 0 Å². The second kappa shape index (κ2) is 3.35. The predicted octanol–water partition coefficient (Wildman–Crippen LogP) is -0.273. The van der Waals surface area contributed by atoms with Crippen LogP contribution < -0.4 is 0 Å². The van der Waals surface area contributed by atoms with Gasteiger partial charge in [0.2, 0.25) is 0 Å². The fourth-order valence-electron chi connectivity index (χ4n) is 0.883. The Morgan fingerprint density at radius 2 is 2.10 bits per heavy atom. The molecule has 0 atom stereocenters. The topological polar surface area (TPSA) is 17.1 Å².